The van der Waals surface area contributed by atoms with E-state index in [2.05, 4.69) is 41.1 Å². The van der Waals surface area contributed by atoms with Gasteiger partial charge in [-0.15, -0.1) is 0 Å². The zero-order chi connectivity index (χ0) is 15.6. The fourth-order valence-electron chi connectivity index (χ4n) is 3.36. The smallest absolute Gasteiger partial charge is 0.149 e. The molecule has 1 aliphatic rings. The van der Waals surface area contributed by atoms with Crippen LogP contribution in [0, 0.1) is 0 Å². The minimum atomic E-state index is -1.94. The Balaban J connectivity index is 2.00. The molecule has 1 fully saturated rings. The van der Waals surface area contributed by atoms with E-state index in [-0.39, 0.29) is 12.8 Å². The Bertz CT molecular complexity index is 633. The molecule has 0 amide bonds. The lowest BCUT2D eigenvalue weighted by Crippen LogP contribution is -2.57. The Labute approximate surface area is 132 Å². The van der Waals surface area contributed by atoms with E-state index in [0.29, 0.717) is 0 Å². The predicted molar refractivity (Wildman–Crippen MR) is 90.2 cm³/mol. The first-order valence-electron chi connectivity index (χ1n) is 7.99. The molecule has 1 aromatic carbocycles. The number of nitrogens with zero attached hydrogens (tertiary/aromatic N) is 2. The normalized spacial score (nSPS) is 19.3. The third kappa shape index (κ3) is 2.76. The predicted octanol–water partition coefficient (Wildman–Crippen LogP) is 1.90. The standard InChI is InChI=1S/C17H24N2O2Si/c1-22(2,15-8-4-3-7-14(15)13-20)17-10-11-18-19(17)16-9-5-6-12-21-16/h3-4,7-8,10-11,16,20H,5-6,9,12-13H2,1-2H3. The van der Waals surface area contributed by atoms with E-state index in [1.807, 2.05) is 18.3 Å². The number of aromatic nitrogens is 2. The number of ether oxygens (including phenoxy) is 1. The summed E-state index contributed by atoms with van der Waals surface area (Å²) in [5.74, 6) is 0. The summed E-state index contributed by atoms with van der Waals surface area (Å²) < 4.78 is 8.01. The van der Waals surface area contributed by atoms with Gasteiger partial charge in [0.25, 0.3) is 0 Å². The van der Waals surface area contributed by atoms with E-state index in [9.17, 15) is 5.11 Å². The minimum absolute atomic E-state index is 0.0619. The van der Waals surface area contributed by atoms with Crippen molar-refractivity contribution >= 4 is 18.6 Å². The summed E-state index contributed by atoms with van der Waals surface area (Å²) in [5.41, 5.74) is 1.02. The molecule has 0 saturated carbocycles. The zero-order valence-corrected chi connectivity index (χ0v) is 14.3. The number of hydrogen-bond acceptors (Lipinski definition) is 3. The highest BCUT2D eigenvalue weighted by molar-refractivity contribution is 7.00. The Morgan fingerprint density at radius 2 is 2.09 bits per heavy atom. The second-order valence-corrected chi connectivity index (χ2v) is 10.7. The van der Waals surface area contributed by atoms with Crippen LogP contribution in [0.4, 0.5) is 0 Å². The molecule has 1 N–H and O–H groups in total. The van der Waals surface area contributed by atoms with Gasteiger partial charge in [-0.3, -0.25) is 0 Å². The third-order valence-electron chi connectivity index (χ3n) is 4.60. The molecule has 1 saturated heterocycles. The van der Waals surface area contributed by atoms with E-state index in [4.69, 9.17) is 4.74 Å². The van der Waals surface area contributed by atoms with Crippen LogP contribution in [0.15, 0.2) is 36.5 Å². The quantitative estimate of drug-likeness (QED) is 0.877. The molecular formula is C17H24N2O2Si. The van der Waals surface area contributed by atoms with E-state index >= 15 is 0 Å². The van der Waals surface area contributed by atoms with Gasteiger partial charge in [-0.05, 0) is 36.1 Å². The van der Waals surface area contributed by atoms with Gasteiger partial charge in [0.05, 0.1) is 6.61 Å². The molecule has 1 unspecified atom stereocenters. The van der Waals surface area contributed by atoms with Crippen LogP contribution in [-0.2, 0) is 11.3 Å². The summed E-state index contributed by atoms with van der Waals surface area (Å²) in [5, 5.41) is 16.8. The monoisotopic (exact) mass is 316 g/mol. The molecule has 0 bridgehead atoms. The van der Waals surface area contributed by atoms with Crippen molar-refractivity contribution in [1.82, 2.24) is 9.78 Å². The van der Waals surface area contributed by atoms with Gasteiger partial charge in [-0.1, -0.05) is 37.4 Å². The Hall–Kier alpha value is -1.43. The molecule has 1 aliphatic heterocycles. The molecule has 0 aliphatic carbocycles. The van der Waals surface area contributed by atoms with Crippen LogP contribution in [0.3, 0.4) is 0 Å². The second-order valence-electron chi connectivity index (χ2n) is 6.42. The lowest BCUT2D eigenvalue weighted by atomic mass is 10.2. The van der Waals surface area contributed by atoms with E-state index in [1.54, 1.807) is 0 Å². The Morgan fingerprint density at radius 1 is 1.27 bits per heavy atom. The summed E-state index contributed by atoms with van der Waals surface area (Å²) in [6, 6.07) is 10.3. The largest absolute Gasteiger partial charge is 0.392 e. The van der Waals surface area contributed by atoms with Crippen molar-refractivity contribution in [2.45, 2.75) is 45.2 Å². The van der Waals surface area contributed by atoms with Gasteiger partial charge in [0.2, 0.25) is 0 Å². The van der Waals surface area contributed by atoms with Crippen LogP contribution >= 0.6 is 0 Å². The van der Waals surface area contributed by atoms with E-state index in [0.717, 1.165) is 25.0 Å². The lowest BCUT2D eigenvalue weighted by Gasteiger charge is -2.31. The molecule has 0 spiro atoms. The number of rotatable bonds is 4. The molecule has 118 valence electrons. The van der Waals surface area contributed by atoms with Crippen molar-refractivity contribution in [2.75, 3.05) is 6.61 Å². The van der Waals surface area contributed by atoms with Gasteiger partial charge >= 0.3 is 0 Å². The van der Waals surface area contributed by atoms with Crippen LogP contribution in [0.25, 0.3) is 0 Å². The van der Waals surface area contributed by atoms with Crippen LogP contribution in [0.1, 0.15) is 31.1 Å². The van der Waals surface area contributed by atoms with Crippen LogP contribution in [0.5, 0.6) is 0 Å². The number of hydrogen-bond donors (Lipinski definition) is 1. The fourth-order valence-corrected chi connectivity index (χ4v) is 6.38. The molecule has 4 nitrogen and oxygen atoms in total. The van der Waals surface area contributed by atoms with Crippen LogP contribution in [0.2, 0.25) is 13.1 Å². The Morgan fingerprint density at radius 3 is 2.82 bits per heavy atom. The number of aliphatic hydroxyl groups excluding tert-OH is 1. The summed E-state index contributed by atoms with van der Waals surface area (Å²) in [6.45, 7) is 5.54. The number of aliphatic hydroxyl groups is 1. The highest BCUT2D eigenvalue weighted by Crippen LogP contribution is 2.22. The fraction of sp³-hybridized carbons (Fsp3) is 0.471. The van der Waals surface area contributed by atoms with Gasteiger partial charge in [0.1, 0.15) is 14.3 Å². The lowest BCUT2D eigenvalue weighted by molar-refractivity contribution is -0.0376. The maximum atomic E-state index is 9.67. The molecule has 1 atom stereocenters. The van der Waals surface area contributed by atoms with Gasteiger partial charge in [-0.2, -0.15) is 5.10 Å². The summed E-state index contributed by atoms with van der Waals surface area (Å²) >= 11 is 0. The summed E-state index contributed by atoms with van der Waals surface area (Å²) in [4.78, 5) is 0. The van der Waals surface area contributed by atoms with Gasteiger partial charge in [0, 0.05) is 18.1 Å². The van der Waals surface area contributed by atoms with Gasteiger partial charge < -0.3 is 9.84 Å². The second kappa shape index (κ2) is 6.36. The average molecular weight is 316 g/mol. The van der Waals surface area contributed by atoms with Crippen molar-refractivity contribution in [3.8, 4) is 0 Å². The van der Waals surface area contributed by atoms with E-state index in [1.165, 1.54) is 16.9 Å². The first kappa shape index (κ1) is 15.5. The topological polar surface area (TPSA) is 47.3 Å². The number of benzene rings is 1. The average Bonchev–Trinajstić information content (AvgIpc) is 3.06. The van der Waals surface area contributed by atoms with Gasteiger partial charge in [0.15, 0.2) is 0 Å². The van der Waals surface area contributed by atoms with Crippen molar-refractivity contribution in [3.63, 3.8) is 0 Å². The maximum absolute atomic E-state index is 9.67. The van der Waals surface area contributed by atoms with Crippen molar-refractivity contribution in [1.29, 1.82) is 0 Å². The van der Waals surface area contributed by atoms with Crippen LogP contribution in [-0.4, -0.2) is 29.6 Å². The summed E-state index contributed by atoms with van der Waals surface area (Å²) in [6.07, 6.45) is 5.30. The third-order valence-corrected chi connectivity index (χ3v) is 8.11. The Kier molecular flexibility index (Phi) is 4.47. The van der Waals surface area contributed by atoms with E-state index < -0.39 is 8.07 Å². The molecular weight excluding hydrogens is 292 g/mol. The molecule has 2 heterocycles. The van der Waals surface area contributed by atoms with Crippen molar-refractivity contribution in [2.24, 2.45) is 0 Å². The maximum Gasteiger partial charge on any atom is 0.149 e. The minimum Gasteiger partial charge on any atom is -0.392 e. The zero-order valence-electron chi connectivity index (χ0n) is 13.3. The molecule has 0 radical (unpaired) electrons. The van der Waals surface area contributed by atoms with Crippen molar-refractivity contribution < 1.29 is 9.84 Å². The first-order chi connectivity index (χ1) is 10.6. The molecule has 5 heteroatoms. The molecule has 3 rings (SSSR count). The van der Waals surface area contributed by atoms with Crippen molar-refractivity contribution in [3.05, 3.63) is 42.1 Å². The van der Waals surface area contributed by atoms with Gasteiger partial charge in [-0.25, -0.2) is 4.68 Å². The molecule has 1 aromatic heterocycles. The highest BCUT2D eigenvalue weighted by atomic mass is 28.3. The van der Waals surface area contributed by atoms with Crippen LogP contribution < -0.4 is 10.5 Å². The summed E-state index contributed by atoms with van der Waals surface area (Å²) in [7, 11) is -1.94. The highest BCUT2D eigenvalue weighted by Gasteiger charge is 2.33. The molecule has 22 heavy (non-hydrogen) atoms. The molecule has 2 aromatic rings. The first-order valence-corrected chi connectivity index (χ1v) is 11.0. The SMILES string of the molecule is C[Si](C)(c1ccccc1CO)c1ccnn1C1CCCCO1.